The van der Waals surface area contributed by atoms with Crippen LogP contribution >= 0.6 is 0 Å². The summed E-state index contributed by atoms with van der Waals surface area (Å²) in [7, 11) is 1.52. The molecule has 0 spiro atoms. The molecule has 4 rings (SSSR count). The molecule has 10 heteroatoms. The Hall–Kier alpha value is -4.60. The SMILES string of the molecule is COc1ccc(C2(C)NC(=O)N(CC(=O)NNC(=O)C(C)Oc3ccc4ccccc4c3)C2=O)cc1. The van der Waals surface area contributed by atoms with Crippen molar-refractivity contribution < 1.29 is 28.7 Å². The largest absolute Gasteiger partial charge is 0.497 e. The highest BCUT2D eigenvalue weighted by Gasteiger charge is 2.49. The van der Waals surface area contributed by atoms with Gasteiger partial charge in [-0.2, -0.15) is 0 Å². The van der Waals surface area contributed by atoms with Crippen molar-refractivity contribution in [3.63, 3.8) is 0 Å². The summed E-state index contributed by atoms with van der Waals surface area (Å²) in [6.07, 6.45) is -0.915. The second-order valence-corrected chi connectivity index (χ2v) is 8.48. The molecule has 5 amide bonds. The predicted molar refractivity (Wildman–Crippen MR) is 131 cm³/mol. The minimum Gasteiger partial charge on any atom is -0.497 e. The summed E-state index contributed by atoms with van der Waals surface area (Å²) < 4.78 is 10.8. The molecule has 3 aromatic carbocycles. The Morgan fingerprint density at radius 2 is 1.64 bits per heavy atom. The number of carbonyl (C=O) groups is 4. The van der Waals surface area contributed by atoms with E-state index >= 15 is 0 Å². The molecule has 0 saturated carbocycles. The average molecular weight is 491 g/mol. The molecule has 0 aliphatic carbocycles. The highest BCUT2D eigenvalue weighted by atomic mass is 16.5. The van der Waals surface area contributed by atoms with Crippen LogP contribution in [-0.2, 0) is 19.9 Å². The van der Waals surface area contributed by atoms with Crippen molar-refractivity contribution in [1.29, 1.82) is 0 Å². The van der Waals surface area contributed by atoms with E-state index in [0.717, 1.165) is 15.7 Å². The van der Waals surface area contributed by atoms with Crippen molar-refractivity contribution in [2.75, 3.05) is 13.7 Å². The van der Waals surface area contributed by atoms with Crippen molar-refractivity contribution in [2.24, 2.45) is 0 Å². The number of carbonyl (C=O) groups excluding carboxylic acids is 4. The van der Waals surface area contributed by atoms with E-state index in [2.05, 4.69) is 16.2 Å². The second-order valence-electron chi connectivity index (χ2n) is 8.48. The third-order valence-electron chi connectivity index (χ3n) is 5.97. The number of hydrogen-bond acceptors (Lipinski definition) is 6. The fraction of sp³-hybridized carbons (Fsp3) is 0.231. The lowest BCUT2D eigenvalue weighted by Gasteiger charge is -2.22. The molecular formula is C26H26N4O6. The van der Waals surface area contributed by atoms with Gasteiger partial charge in [0, 0.05) is 0 Å². The first-order valence-electron chi connectivity index (χ1n) is 11.2. The van der Waals surface area contributed by atoms with Gasteiger partial charge in [0.2, 0.25) is 0 Å². The van der Waals surface area contributed by atoms with Gasteiger partial charge in [-0.25, -0.2) is 4.79 Å². The van der Waals surface area contributed by atoms with E-state index in [9.17, 15) is 19.2 Å². The van der Waals surface area contributed by atoms with Gasteiger partial charge in [0.1, 0.15) is 23.6 Å². The number of amides is 5. The molecule has 10 nitrogen and oxygen atoms in total. The first kappa shape index (κ1) is 24.5. The topological polar surface area (TPSA) is 126 Å². The number of ether oxygens (including phenoxy) is 2. The molecule has 36 heavy (non-hydrogen) atoms. The Balaban J connectivity index is 1.31. The summed E-state index contributed by atoms with van der Waals surface area (Å²) in [5.74, 6) is -0.836. The van der Waals surface area contributed by atoms with Gasteiger partial charge >= 0.3 is 6.03 Å². The third kappa shape index (κ3) is 4.92. The zero-order valence-electron chi connectivity index (χ0n) is 20.0. The third-order valence-corrected chi connectivity index (χ3v) is 5.97. The van der Waals surface area contributed by atoms with Crippen LogP contribution in [0.4, 0.5) is 4.79 Å². The van der Waals surface area contributed by atoms with Gasteiger partial charge in [-0.05, 0) is 54.4 Å². The Morgan fingerprint density at radius 3 is 2.33 bits per heavy atom. The molecule has 1 saturated heterocycles. The minimum atomic E-state index is -1.34. The molecular weight excluding hydrogens is 464 g/mol. The maximum absolute atomic E-state index is 13.0. The quantitative estimate of drug-likeness (QED) is 0.345. The number of imide groups is 1. The molecule has 1 heterocycles. The molecule has 186 valence electrons. The lowest BCUT2D eigenvalue weighted by Crippen LogP contribution is -2.51. The van der Waals surface area contributed by atoms with E-state index < -0.39 is 41.9 Å². The van der Waals surface area contributed by atoms with Crippen molar-refractivity contribution in [3.8, 4) is 11.5 Å². The molecule has 2 atom stereocenters. The summed E-state index contributed by atoms with van der Waals surface area (Å²) >= 11 is 0. The van der Waals surface area contributed by atoms with E-state index in [1.54, 1.807) is 37.3 Å². The fourth-order valence-corrected chi connectivity index (χ4v) is 3.87. The first-order valence-corrected chi connectivity index (χ1v) is 11.2. The Bertz CT molecular complexity index is 1330. The molecule has 1 aliphatic heterocycles. The van der Waals surface area contributed by atoms with Gasteiger partial charge in [-0.15, -0.1) is 0 Å². The van der Waals surface area contributed by atoms with E-state index in [1.165, 1.54) is 14.0 Å². The zero-order valence-corrected chi connectivity index (χ0v) is 20.0. The first-order chi connectivity index (χ1) is 17.2. The molecule has 3 aromatic rings. The van der Waals surface area contributed by atoms with Crippen molar-refractivity contribution >= 4 is 34.5 Å². The average Bonchev–Trinajstić information content (AvgIpc) is 3.10. The molecule has 0 aromatic heterocycles. The second kappa shape index (κ2) is 9.95. The van der Waals surface area contributed by atoms with Gasteiger partial charge in [0.05, 0.1) is 7.11 Å². The predicted octanol–water partition coefficient (Wildman–Crippen LogP) is 2.23. The number of hydrazine groups is 1. The maximum Gasteiger partial charge on any atom is 0.325 e. The Kier molecular flexibility index (Phi) is 6.77. The zero-order chi connectivity index (χ0) is 25.9. The minimum absolute atomic E-state index is 0.500. The van der Waals surface area contributed by atoms with Crippen LogP contribution in [0.5, 0.6) is 11.5 Å². The van der Waals surface area contributed by atoms with E-state index in [1.807, 2.05) is 36.4 Å². The molecule has 1 fully saturated rings. The maximum atomic E-state index is 13.0. The summed E-state index contributed by atoms with van der Waals surface area (Å²) in [6, 6.07) is 19.1. The number of benzene rings is 3. The van der Waals surface area contributed by atoms with Crippen molar-refractivity contribution in [3.05, 3.63) is 72.3 Å². The van der Waals surface area contributed by atoms with Crippen molar-refractivity contribution in [1.82, 2.24) is 21.1 Å². The van der Waals surface area contributed by atoms with Crippen LogP contribution < -0.4 is 25.6 Å². The van der Waals surface area contributed by atoms with Gasteiger partial charge in [0.15, 0.2) is 6.10 Å². The summed E-state index contributed by atoms with van der Waals surface area (Å²) in [5.41, 5.74) is 3.68. The van der Waals surface area contributed by atoms with Crippen LogP contribution in [0.25, 0.3) is 10.8 Å². The standard InChI is InChI=1S/C26H26N4O6/c1-16(36-21-11-8-17-6-4-5-7-18(17)14-21)23(32)29-28-22(31)15-30-24(33)26(2,27-25(30)34)19-9-12-20(35-3)13-10-19/h4-14,16H,15H2,1-3H3,(H,27,34)(H,28,31)(H,29,32). The lowest BCUT2D eigenvalue weighted by molar-refractivity contribution is -0.136. The van der Waals surface area contributed by atoms with Gasteiger partial charge in [-0.3, -0.25) is 30.1 Å². The number of rotatable bonds is 7. The van der Waals surface area contributed by atoms with Gasteiger partial charge in [0.25, 0.3) is 17.7 Å². The van der Waals surface area contributed by atoms with Gasteiger partial charge < -0.3 is 14.8 Å². The Morgan fingerprint density at radius 1 is 0.972 bits per heavy atom. The monoisotopic (exact) mass is 490 g/mol. The number of urea groups is 1. The highest BCUT2D eigenvalue weighted by molar-refractivity contribution is 6.09. The Labute approximate surface area is 207 Å². The van der Waals surface area contributed by atoms with E-state index in [4.69, 9.17) is 9.47 Å². The smallest absolute Gasteiger partial charge is 0.325 e. The fourth-order valence-electron chi connectivity index (χ4n) is 3.87. The number of hydrogen-bond donors (Lipinski definition) is 3. The number of nitrogens with one attached hydrogen (secondary N) is 3. The molecule has 0 radical (unpaired) electrons. The van der Waals surface area contributed by atoms with E-state index in [0.29, 0.717) is 17.1 Å². The van der Waals surface area contributed by atoms with Crippen LogP contribution in [0, 0.1) is 0 Å². The summed E-state index contributed by atoms with van der Waals surface area (Å²) in [6.45, 7) is 2.52. The van der Waals surface area contributed by atoms with E-state index in [-0.39, 0.29) is 0 Å². The van der Waals surface area contributed by atoms with Crippen molar-refractivity contribution in [2.45, 2.75) is 25.5 Å². The summed E-state index contributed by atoms with van der Waals surface area (Å²) in [5, 5.41) is 4.63. The molecule has 2 unspecified atom stereocenters. The number of methoxy groups -OCH3 is 1. The van der Waals surface area contributed by atoms with Crippen LogP contribution in [0.1, 0.15) is 19.4 Å². The molecule has 0 bridgehead atoms. The van der Waals surface area contributed by atoms with Crippen LogP contribution in [0.2, 0.25) is 0 Å². The molecule has 1 aliphatic rings. The van der Waals surface area contributed by atoms with Crippen LogP contribution in [-0.4, -0.2) is 48.4 Å². The lowest BCUT2D eigenvalue weighted by atomic mass is 9.92. The number of fused-ring (bicyclic) bond motifs is 1. The summed E-state index contributed by atoms with van der Waals surface area (Å²) in [4.78, 5) is 51.0. The molecule has 3 N–H and O–H groups in total. The van der Waals surface area contributed by atoms with Gasteiger partial charge in [-0.1, -0.05) is 42.5 Å². The number of nitrogens with zero attached hydrogens (tertiary/aromatic N) is 1. The normalized spacial score (nSPS) is 17.9. The van der Waals surface area contributed by atoms with Crippen LogP contribution in [0.3, 0.4) is 0 Å². The highest BCUT2D eigenvalue weighted by Crippen LogP contribution is 2.30. The van der Waals surface area contributed by atoms with Crippen LogP contribution in [0.15, 0.2) is 66.7 Å².